The van der Waals surface area contributed by atoms with Crippen LogP contribution in [-0.2, 0) is 22.6 Å². The van der Waals surface area contributed by atoms with Crippen molar-refractivity contribution >= 4 is 57.4 Å². The Kier molecular flexibility index (Phi) is 11.3. The van der Waals surface area contributed by atoms with Crippen LogP contribution in [0.25, 0.3) is 0 Å². The number of hydrogen-bond acceptors (Lipinski definition) is 6. The highest BCUT2D eigenvalue weighted by molar-refractivity contribution is 7.13. The van der Waals surface area contributed by atoms with E-state index in [1.807, 2.05) is 68.1 Å². The van der Waals surface area contributed by atoms with Crippen molar-refractivity contribution in [3.63, 3.8) is 0 Å². The van der Waals surface area contributed by atoms with Crippen molar-refractivity contribution in [3.05, 3.63) is 80.8 Å². The van der Waals surface area contributed by atoms with Crippen LogP contribution in [0, 0.1) is 0 Å². The van der Waals surface area contributed by atoms with E-state index < -0.39 is 0 Å². The van der Waals surface area contributed by atoms with Gasteiger partial charge in [0.25, 0.3) is 5.91 Å². The number of rotatable bonds is 12. The molecule has 0 atom stereocenters. The average molecular weight is 591 g/mol. The van der Waals surface area contributed by atoms with Gasteiger partial charge in [-0.2, -0.15) is 0 Å². The molecular formula is C28H33Cl2N5O3S. The largest absolute Gasteiger partial charge is 0.337 e. The molecule has 0 saturated carbocycles. The number of carbonyl (C=O) groups is 3. The van der Waals surface area contributed by atoms with Gasteiger partial charge in [0, 0.05) is 36.6 Å². The maximum atomic E-state index is 13.2. The summed E-state index contributed by atoms with van der Waals surface area (Å²) in [7, 11) is 3.94. The first-order valence-corrected chi connectivity index (χ1v) is 14.1. The fourth-order valence-electron chi connectivity index (χ4n) is 3.73. The molecule has 2 aromatic carbocycles. The number of carbonyl (C=O) groups excluding carboxylic acids is 3. The van der Waals surface area contributed by atoms with Crippen molar-refractivity contribution in [3.8, 4) is 0 Å². The van der Waals surface area contributed by atoms with Crippen molar-refractivity contribution in [2.75, 3.05) is 39.0 Å². The second kappa shape index (κ2) is 14.4. The smallest absolute Gasteiger partial charge is 0.254 e. The number of aromatic nitrogens is 1. The Balaban J connectivity index is 1.62. The summed E-state index contributed by atoms with van der Waals surface area (Å²) >= 11 is 13.3. The molecule has 39 heavy (non-hydrogen) atoms. The molecule has 0 bridgehead atoms. The number of benzene rings is 2. The Bertz CT molecular complexity index is 1280. The molecule has 1 N–H and O–H groups in total. The highest BCUT2D eigenvalue weighted by atomic mass is 35.5. The zero-order valence-electron chi connectivity index (χ0n) is 22.5. The van der Waals surface area contributed by atoms with Gasteiger partial charge in [-0.15, -0.1) is 11.3 Å². The third-order valence-corrected chi connectivity index (χ3v) is 7.43. The summed E-state index contributed by atoms with van der Waals surface area (Å²) in [5.74, 6) is -0.761. The molecule has 0 spiro atoms. The molecule has 3 amide bonds. The van der Waals surface area contributed by atoms with Crippen LogP contribution in [0.5, 0.6) is 0 Å². The van der Waals surface area contributed by atoms with E-state index in [9.17, 15) is 14.4 Å². The van der Waals surface area contributed by atoms with Gasteiger partial charge in [-0.05, 0) is 51.7 Å². The highest BCUT2D eigenvalue weighted by Crippen LogP contribution is 2.24. The third kappa shape index (κ3) is 9.32. The predicted octanol–water partition coefficient (Wildman–Crippen LogP) is 5.07. The van der Waals surface area contributed by atoms with E-state index >= 15 is 0 Å². The second-order valence-corrected chi connectivity index (χ2v) is 11.3. The summed E-state index contributed by atoms with van der Waals surface area (Å²) in [5, 5.41) is 5.51. The maximum Gasteiger partial charge on any atom is 0.254 e. The quantitative estimate of drug-likeness (QED) is 0.318. The molecule has 0 saturated heterocycles. The number of amides is 3. The SMILES string of the molecule is CC(C)N(CC(=O)Nc1nc(CC(=O)N(CCN(C)C)Cc2ccccc2)cs1)C(=O)c1ccc(Cl)c(Cl)c1. The van der Waals surface area contributed by atoms with Crippen LogP contribution in [-0.4, -0.2) is 77.2 Å². The van der Waals surface area contributed by atoms with E-state index in [1.54, 1.807) is 17.5 Å². The van der Waals surface area contributed by atoms with Crippen molar-refractivity contribution in [2.45, 2.75) is 32.9 Å². The lowest BCUT2D eigenvalue weighted by molar-refractivity contribution is -0.131. The topological polar surface area (TPSA) is 85.8 Å². The minimum atomic E-state index is -0.388. The Morgan fingerprint density at radius 2 is 1.72 bits per heavy atom. The standard InChI is InChI=1S/C28H33Cl2N5O3S/c1-19(2)35(27(38)21-10-11-23(29)24(30)14-21)17-25(36)32-28-31-22(18-39-28)15-26(37)34(13-12-33(3)4)16-20-8-6-5-7-9-20/h5-11,14,18-19H,12-13,15-17H2,1-4H3,(H,31,32,36). The highest BCUT2D eigenvalue weighted by Gasteiger charge is 2.23. The van der Waals surface area contributed by atoms with Gasteiger partial charge in [0.2, 0.25) is 11.8 Å². The second-order valence-electron chi connectivity index (χ2n) is 9.63. The molecule has 1 heterocycles. The van der Waals surface area contributed by atoms with Crippen LogP contribution in [0.2, 0.25) is 10.0 Å². The van der Waals surface area contributed by atoms with Crippen LogP contribution in [0.4, 0.5) is 5.13 Å². The molecule has 0 radical (unpaired) electrons. The molecule has 0 aliphatic heterocycles. The molecule has 3 aromatic rings. The van der Waals surface area contributed by atoms with Crippen LogP contribution in [0.3, 0.4) is 0 Å². The molecule has 208 valence electrons. The number of halogens is 2. The zero-order chi connectivity index (χ0) is 28.5. The van der Waals surface area contributed by atoms with Crippen LogP contribution >= 0.6 is 34.5 Å². The Morgan fingerprint density at radius 1 is 1.00 bits per heavy atom. The first-order valence-electron chi connectivity index (χ1n) is 12.5. The number of nitrogens with zero attached hydrogens (tertiary/aromatic N) is 4. The predicted molar refractivity (Wildman–Crippen MR) is 157 cm³/mol. The number of likely N-dealkylation sites (N-methyl/N-ethyl adjacent to an activating group) is 1. The number of thiazole rings is 1. The monoisotopic (exact) mass is 589 g/mol. The Morgan fingerprint density at radius 3 is 2.36 bits per heavy atom. The van der Waals surface area contributed by atoms with Crippen LogP contribution < -0.4 is 5.32 Å². The van der Waals surface area contributed by atoms with Gasteiger partial charge in [0.05, 0.1) is 22.2 Å². The minimum absolute atomic E-state index is 0.0397. The van der Waals surface area contributed by atoms with Crippen molar-refractivity contribution in [2.24, 2.45) is 0 Å². The van der Waals surface area contributed by atoms with Crippen molar-refractivity contribution in [1.82, 2.24) is 19.7 Å². The molecule has 11 heteroatoms. The molecule has 3 rings (SSSR count). The van der Waals surface area contributed by atoms with Crippen molar-refractivity contribution in [1.29, 1.82) is 0 Å². The fraction of sp³-hybridized carbons (Fsp3) is 0.357. The van der Waals surface area contributed by atoms with Gasteiger partial charge in [-0.1, -0.05) is 53.5 Å². The first-order chi connectivity index (χ1) is 18.5. The van der Waals surface area contributed by atoms with Crippen molar-refractivity contribution < 1.29 is 14.4 Å². The summed E-state index contributed by atoms with van der Waals surface area (Å²) in [6, 6.07) is 14.2. The van der Waals surface area contributed by atoms with Gasteiger partial charge in [-0.3, -0.25) is 14.4 Å². The molecular weight excluding hydrogens is 557 g/mol. The maximum absolute atomic E-state index is 13.2. The van der Waals surface area contributed by atoms with Crippen LogP contribution in [0.15, 0.2) is 53.9 Å². The van der Waals surface area contributed by atoms with Gasteiger partial charge >= 0.3 is 0 Å². The van der Waals surface area contributed by atoms with E-state index in [1.165, 1.54) is 22.3 Å². The van der Waals surface area contributed by atoms with Gasteiger partial charge < -0.3 is 20.0 Å². The Labute approximate surface area is 243 Å². The van der Waals surface area contributed by atoms with E-state index in [2.05, 4.69) is 10.3 Å². The van der Waals surface area contributed by atoms with Gasteiger partial charge in [0.1, 0.15) is 6.54 Å². The summed E-state index contributed by atoms with van der Waals surface area (Å²) in [4.78, 5) is 48.8. The molecule has 0 aliphatic carbocycles. The number of hydrogen-bond donors (Lipinski definition) is 1. The summed E-state index contributed by atoms with van der Waals surface area (Å²) in [5.41, 5.74) is 1.98. The molecule has 0 aliphatic rings. The number of nitrogens with one attached hydrogen (secondary N) is 1. The van der Waals surface area contributed by atoms with E-state index in [0.29, 0.717) is 34.5 Å². The summed E-state index contributed by atoms with van der Waals surface area (Å²) in [6.45, 7) is 5.33. The molecule has 0 unspecified atom stereocenters. The summed E-state index contributed by atoms with van der Waals surface area (Å²) < 4.78 is 0. The Hall–Kier alpha value is -2.98. The molecule has 8 nitrogen and oxygen atoms in total. The zero-order valence-corrected chi connectivity index (χ0v) is 24.8. The summed E-state index contributed by atoms with van der Waals surface area (Å²) in [6.07, 6.45) is 0.126. The van der Waals surface area contributed by atoms with E-state index in [-0.39, 0.29) is 41.8 Å². The molecule has 0 fully saturated rings. The minimum Gasteiger partial charge on any atom is -0.337 e. The van der Waals surface area contributed by atoms with E-state index in [4.69, 9.17) is 23.2 Å². The lowest BCUT2D eigenvalue weighted by Gasteiger charge is -2.26. The molecule has 1 aromatic heterocycles. The van der Waals surface area contributed by atoms with E-state index in [0.717, 1.165) is 12.1 Å². The average Bonchev–Trinajstić information content (AvgIpc) is 3.32. The normalized spacial score (nSPS) is 11.1. The van der Waals surface area contributed by atoms with Crippen LogP contribution in [0.1, 0.15) is 35.5 Å². The number of anilines is 1. The van der Waals surface area contributed by atoms with Gasteiger partial charge in [0.15, 0.2) is 5.13 Å². The fourth-order valence-corrected chi connectivity index (χ4v) is 4.75. The lowest BCUT2D eigenvalue weighted by Crippen LogP contribution is -2.42. The first kappa shape index (κ1) is 30.6. The third-order valence-electron chi connectivity index (χ3n) is 5.88. The van der Waals surface area contributed by atoms with Gasteiger partial charge in [-0.25, -0.2) is 4.98 Å². The lowest BCUT2D eigenvalue weighted by atomic mass is 10.1.